The third-order valence-electron chi connectivity index (χ3n) is 5.18. The van der Waals surface area contributed by atoms with E-state index in [2.05, 4.69) is 9.78 Å². The van der Waals surface area contributed by atoms with Gasteiger partial charge in [0.25, 0.3) is 0 Å². The van der Waals surface area contributed by atoms with Gasteiger partial charge in [0.2, 0.25) is 0 Å². The molecule has 1 aromatic rings. The van der Waals surface area contributed by atoms with E-state index in [0.29, 0.717) is 6.54 Å². The summed E-state index contributed by atoms with van der Waals surface area (Å²) in [4.78, 5) is 16.7. The number of carbonyl (C=O) groups is 1. The first-order chi connectivity index (χ1) is 11.3. The highest BCUT2D eigenvalue weighted by Crippen LogP contribution is 2.29. The number of urea groups is 1. The number of hydrogen-bond acceptors (Lipinski definition) is 3. The molecule has 0 unspecified atom stereocenters. The summed E-state index contributed by atoms with van der Waals surface area (Å²) in [7, 11) is 0. The molecule has 0 N–H and O–H groups in total. The first-order valence-electron chi connectivity index (χ1n) is 8.95. The number of fused-ring (bicyclic) bond motifs is 1. The lowest BCUT2D eigenvalue weighted by Crippen LogP contribution is -2.47. The van der Waals surface area contributed by atoms with Crippen LogP contribution in [-0.2, 0) is 11.3 Å². The average Bonchev–Trinajstić information content (AvgIpc) is 3.04. The molecule has 3 aliphatic rings. The van der Waals surface area contributed by atoms with Crippen molar-refractivity contribution in [1.29, 1.82) is 0 Å². The van der Waals surface area contributed by atoms with E-state index in [1.807, 2.05) is 22.1 Å². The predicted octanol–water partition coefficient (Wildman–Crippen LogP) is 2.27. The van der Waals surface area contributed by atoms with Crippen LogP contribution in [0.2, 0.25) is 0 Å². The molecule has 0 aromatic carbocycles. The quantitative estimate of drug-likeness (QED) is 0.783. The van der Waals surface area contributed by atoms with Crippen molar-refractivity contribution in [3.8, 4) is 0 Å². The van der Waals surface area contributed by atoms with Crippen molar-refractivity contribution in [2.24, 2.45) is 5.92 Å². The Morgan fingerprint density at radius 3 is 2.87 bits per heavy atom. The number of likely N-dealkylation sites (tertiary alicyclic amines) is 1. The molecule has 6 nitrogen and oxygen atoms in total. The summed E-state index contributed by atoms with van der Waals surface area (Å²) >= 11 is 0. The van der Waals surface area contributed by atoms with Crippen molar-refractivity contribution in [3.05, 3.63) is 18.0 Å². The summed E-state index contributed by atoms with van der Waals surface area (Å²) < 4.78 is 7.88. The van der Waals surface area contributed by atoms with Crippen LogP contribution in [0.15, 0.2) is 12.3 Å². The highest BCUT2D eigenvalue weighted by atomic mass is 16.5. The molecule has 2 fully saturated rings. The van der Waals surface area contributed by atoms with Gasteiger partial charge in [-0.2, -0.15) is 5.10 Å². The molecule has 6 heteroatoms. The van der Waals surface area contributed by atoms with Crippen molar-refractivity contribution >= 4 is 6.03 Å². The van der Waals surface area contributed by atoms with E-state index in [0.717, 1.165) is 63.7 Å². The van der Waals surface area contributed by atoms with Crippen LogP contribution in [0.25, 0.3) is 0 Å². The molecule has 2 amide bonds. The van der Waals surface area contributed by atoms with Crippen molar-refractivity contribution in [2.75, 3.05) is 32.8 Å². The minimum atomic E-state index is 0.193. The van der Waals surface area contributed by atoms with E-state index in [9.17, 15) is 4.79 Å². The number of ether oxygens (including phenoxy) is 1. The minimum absolute atomic E-state index is 0.193. The lowest BCUT2D eigenvalue weighted by atomic mass is 10.1. The smallest absolute Gasteiger partial charge is 0.320 e. The molecule has 4 rings (SSSR count). The van der Waals surface area contributed by atoms with Crippen LogP contribution >= 0.6 is 0 Å². The van der Waals surface area contributed by atoms with Gasteiger partial charge >= 0.3 is 6.03 Å². The maximum Gasteiger partial charge on any atom is 0.320 e. The molecule has 0 radical (unpaired) electrons. The highest BCUT2D eigenvalue weighted by Gasteiger charge is 2.31. The van der Waals surface area contributed by atoms with Crippen LogP contribution in [-0.4, -0.2) is 58.5 Å². The van der Waals surface area contributed by atoms with E-state index < -0.39 is 0 Å². The Balaban J connectivity index is 1.37. The number of rotatable bonds is 5. The standard InChI is InChI=1S/C17H26N4O2/c22-17(19-8-1-2-9-19)20-11-15-5-7-18-21(15)16(12-20)6-10-23-13-14-3-4-14/h5,7,14,16H,1-4,6,8-13H2/t16-/m0/s1. The summed E-state index contributed by atoms with van der Waals surface area (Å²) in [6, 6.07) is 2.46. The van der Waals surface area contributed by atoms with E-state index in [-0.39, 0.29) is 12.1 Å². The minimum Gasteiger partial charge on any atom is -0.381 e. The number of hydrogen-bond donors (Lipinski definition) is 0. The van der Waals surface area contributed by atoms with E-state index in [4.69, 9.17) is 4.74 Å². The van der Waals surface area contributed by atoms with Crippen LogP contribution in [0.3, 0.4) is 0 Å². The van der Waals surface area contributed by atoms with Crippen LogP contribution in [0.5, 0.6) is 0 Å². The van der Waals surface area contributed by atoms with Gasteiger partial charge in [-0.15, -0.1) is 0 Å². The van der Waals surface area contributed by atoms with Gasteiger partial charge < -0.3 is 14.5 Å². The SMILES string of the molecule is O=C(N1CCCC1)N1Cc2ccnn2[C@@H](CCOCC2CC2)C1. The molecular weight excluding hydrogens is 292 g/mol. The van der Waals surface area contributed by atoms with Crippen molar-refractivity contribution in [2.45, 2.75) is 44.7 Å². The zero-order valence-corrected chi connectivity index (χ0v) is 13.7. The Hall–Kier alpha value is -1.56. The van der Waals surface area contributed by atoms with Crippen LogP contribution in [0.1, 0.15) is 43.8 Å². The van der Waals surface area contributed by atoms with Crippen LogP contribution in [0.4, 0.5) is 4.79 Å². The monoisotopic (exact) mass is 318 g/mol. The molecular formula is C17H26N4O2. The van der Waals surface area contributed by atoms with Crippen molar-refractivity contribution < 1.29 is 9.53 Å². The van der Waals surface area contributed by atoms with Gasteiger partial charge in [-0.25, -0.2) is 4.79 Å². The lowest BCUT2D eigenvalue weighted by molar-refractivity contribution is 0.0916. The number of nitrogens with zero attached hydrogens (tertiary/aromatic N) is 4. The van der Waals surface area contributed by atoms with Gasteiger partial charge in [-0.1, -0.05) is 0 Å². The molecule has 23 heavy (non-hydrogen) atoms. The third kappa shape index (κ3) is 3.37. The Morgan fingerprint density at radius 2 is 2.09 bits per heavy atom. The molecule has 126 valence electrons. The lowest BCUT2D eigenvalue weighted by Gasteiger charge is -2.36. The van der Waals surface area contributed by atoms with Crippen molar-refractivity contribution in [3.63, 3.8) is 0 Å². The van der Waals surface area contributed by atoms with Gasteiger partial charge in [0.15, 0.2) is 0 Å². The van der Waals surface area contributed by atoms with E-state index >= 15 is 0 Å². The molecule has 1 aromatic heterocycles. The zero-order valence-electron chi connectivity index (χ0n) is 13.7. The number of amides is 2. The van der Waals surface area contributed by atoms with E-state index in [1.54, 1.807) is 0 Å². The maximum atomic E-state index is 12.7. The molecule has 1 saturated heterocycles. The van der Waals surface area contributed by atoms with Gasteiger partial charge in [0.05, 0.1) is 18.3 Å². The van der Waals surface area contributed by atoms with E-state index in [1.165, 1.54) is 12.8 Å². The largest absolute Gasteiger partial charge is 0.381 e. The topological polar surface area (TPSA) is 50.6 Å². The normalized spacial score (nSPS) is 24.1. The first kappa shape index (κ1) is 15.0. The molecule has 0 spiro atoms. The fraction of sp³-hybridized carbons (Fsp3) is 0.765. The fourth-order valence-electron chi connectivity index (χ4n) is 3.61. The van der Waals surface area contributed by atoms with Crippen molar-refractivity contribution in [1.82, 2.24) is 19.6 Å². The molecule has 2 aliphatic heterocycles. The summed E-state index contributed by atoms with van der Waals surface area (Å²) in [5.41, 5.74) is 1.14. The Kier molecular flexibility index (Phi) is 4.25. The zero-order chi connectivity index (χ0) is 15.6. The molecule has 1 aliphatic carbocycles. The van der Waals surface area contributed by atoms with Gasteiger partial charge in [-0.05, 0) is 44.1 Å². The number of aromatic nitrogens is 2. The number of carbonyl (C=O) groups excluding carboxylic acids is 1. The summed E-state index contributed by atoms with van der Waals surface area (Å²) in [6.07, 6.45) is 7.68. The predicted molar refractivity (Wildman–Crippen MR) is 86.0 cm³/mol. The highest BCUT2D eigenvalue weighted by molar-refractivity contribution is 5.74. The second kappa shape index (κ2) is 6.51. The summed E-state index contributed by atoms with van der Waals surface area (Å²) in [5, 5.41) is 4.47. The Morgan fingerprint density at radius 1 is 1.26 bits per heavy atom. The first-order valence-corrected chi connectivity index (χ1v) is 8.95. The van der Waals surface area contributed by atoms with Crippen LogP contribution < -0.4 is 0 Å². The van der Waals surface area contributed by atoms with Gasteiger partial charge in [0.1, 0.15) is 0 Å². The Bertz CT molecular complexity index is 549. The molecule has 3 heterocycles. The second-order valence-electron chi connectivity index (χ2n) is 7.09. The third-order valence-corrected chi connectivity index (χ3v) is 5.18. The summed E-state index contributed by atoms with van der Waals surface area (Å²) in [6.45, 7) is 4.89. The maximum absolute atomic E-state index is 12.7. The van der Waals surface area contributed by atoms with Crippen LogP contribution in [0, 0.1) is 5.92 Å². The molecule has 0 bridgehead atoms. The Labute approximate surface area is 137 Å². The summed E-state index contributed by atoms with van der Waals surface area (Å²) in [5.74, 6) is 0.801. The second-order valence-corrected chi connectivity index (χ2v) is 7.09. The van der Waals surface area contributed by atoms with Gasteiger partial charge in [-0.3, -0.25) is 4.68 Å². The molecule has 1 saturated carbocycles. The fourth-order valence-corrected chi connectivity index (χ4v) is 3.61. The molecule has 1 atom stereocenters. The van der Waals surface area contributed by atoms with Gasteiger partial charge in [0, 0.05) is 39.0 Å². The average molecular weight is 318 g/mol.